The summed E-state index contributed by atoms with van der Waals surface area (Å²) in [5, 5.41) is 0. The fourth-order valence-electron chi connectivity index (χ4n) is 2.71. The number of benzene rings is 1. The number of piperidine rings is 1. The molecular weight excluding hydrogens is 256 g/mol. The number of carbonyl (C=O) groups is 1. The van der Waals surface area contributed by atoms with Crippen LogP contribution < -0.4 is 16.4 Å². The van der Waals surface area contributed by atoms with E-state index in [1.807, 2.05) is 18.2 Å². The van der Waals surface area contributed by atoms with Crippen molar-refractivity contribution in [3.05, 3.63) is 18.2 Å². The average Bonchev–Trinajstić information content (AvgIpc) is 2.84. The molecule has 3 rings (SSSR count). The van der Waals surface area contributed by atoms with Crippen LogP contribution in [0.2, 0.25) is 0 Å². The minimum atomic E-state index is -0.224. The van der Waals surface area contributed by atoms with Gasteiger partial charge >= 0.3 is 0 Å². The molecule has 1 amide bonds. The molecule has 0 atom stereocenters. The van der Waals surface area contributed by atoms with Crippen molar-refractivity contribution in [1.82, 2.24) is 4.98 Å². The summed E-state index contributed by atoms with van der Waals surface area (Å²) in [6, 6.07) is 6.14. The fraction of sp³-hybridized carbons (Fsp3) is 0.429. The zero-order chi connectivity index (χ0) is 14.1. The van der Waals surface area contributed by atoms with Gasteiger partial charge in [-0.05, 0) is 30.9 Å². The Morgan fingerprint density at radius 2 is 2.15 bits per heavy atom. The normalized spacial score (nSPS) is 16.7. The Kier molecular flexibility index (Phi) is 3.22. The molecule has 0 aliphatic carbocycles. The van der Waals surface area contributed by atoms with E-state index >= 15 is 0 Å². The molecule has 2 heterocycles. The first kappa shape index (κ1) is 12.8. The van der Waals surface area contributed by atoms with E-state index in [0.29, 0.717) is 35.1 Å². The Hall–Kier alpha value is -2.24. The predicted molar refractivity (Wildman–Crippen MR) is 77.2 cm³/mol. The van der Waals surface area contributed by atoms with Gasteiger partial charge in [0.2, 0.25) is 5.91 Å². The Bertz CT molecular complexity index is 629. The molecule has 1 aromatic heterocycles. The molecule has 6 heteroatoms. The van der Waals surface area contributed by atoms with E-state index in [1.54, 1.807) is 0 Å². The van der Waals surface area contributed by atoms with Crippen molar-refractivity contribution in [3.63, 3.8) is 0 Å². The maximum absolute atomic E-state index is 10.9. The SMILES string of the molecule is NC(=O)CC1CCN(c2nc3c(N)cccc3o2)CC1. The Labute approximate surface area is 116 Å². The van der Waals surface area contributed by atoms with E-state index < -0.39 is 0 Å². The molecule has 1 aliphatic heterocycles. The van der Waals surface area contributed by atoms with Gasteiger partial charge in [0, 0.05) is 19.5 Å². The highest BCUT2D eigenvalue weighted by atomic mass is 16.4. The Morgan fingerprint density at radius 1 is 1.40 bits per heavy atom. The van der Waals surface area contributed by atoms with Crippen LogP contribution in [-0.2, 0) is 4.79 Å². The highest BCUT2D eigenvalue weighted by Crippen LogP contribution is 2.29. The number of aromatic nitrogens is 1. The van der Waals surface area contributed by atoms with Crippen molar-refractivity contribution in [2.24, 2.45) is 11.7 Å². The molecule has 2 aromatic rings. The number of nitrogens with two attached hydrogens (primary N) is 2. The largest absolute Gasteiger partial charge is 0.423 e. The molecule has 0 saturated carbocycles. The molecule has 1 saturated heterocycles. The first-order valence-electron chi connectivity index (χ1n) is 6.82. The summed E-state index contributed by atoms with van der Waals surface area (Å²) >= 11 is 0. The van der Waals surface area contributed by atoms with Crippen LogP contribution in [0.1, 0.15) is 19.3 Å². The number of rotatable bonds is 3. The van der Waals surface area contributed by atoms with Crippen molar-refractivity contribution < 1.29 is 9.21 Å². The highest BCUT2D eigenvalue weighted by Gasteiger charge is 2.23. The lowest BCUT2D eigenvalue weighted by atomic mass is 9.93. The van der Waals surface area contributed by atoms with Crippen LogP contribution >= 0.6 is 0 Å². The van der Waals surface area contributed by atoms with E-state index in [9.17, 15) is 4.79 Å². The van der Waals surface area contributed by atoms with Gasteiger partial charge in [0.25, 0.3) is 6.01 Å². The van der Waals surface area contributed by atoms with Crippen LogP contribution in [0.5, 0.6) is 0 Å². The summed E-state index contributed by atoms with van der Waals surface area (Å²) in [5.74, 6) is 0.149. The topological polar surface area (TPSA) is 98.4 Å². The summed E-state index contributed by atoms with van der Waals surface area (Å²) < 4.78 is 5.75. The molecule has 4 N–H and O–H groups in total. The molecule has 1 fully saturated rings. The summed E-state index contributed by atoms with van der Waals surface area (Å²) in [4.78, 5) is 17.5. The van der Waals surface area contributed by atoms with E-state index in [0.717, 1.165) is 25.9 Å². The number of amides is 1. The van der Waals surface area contributed by atoms with E-state index in [2.05, 4.69) is 9.88 Å². The van der Waals surface area contributed by atoms with Gasteiger partial charge in [0.15, 0.2) is 5.58 Å². The third-order valence-corrected chi connectivity index (χ3v) is 3.81. The third-order valence-electron chi connectivity index (χ3n) is 3.81. The van der Waals surface area contributed by atoms with Gasteiger partial charge in [-0.3, -0.25) is 4.79 Å². The molecule has 0 spiro atoms. The van der Waals surface area contributed by atoms with Gasteiger partial charge in [-0.2, -0.15) is 4.98 Å². The Balaban J connectivity index is 1.73. The zero-order valence-electron chi connectivity index (χ0n) is 11.2. The van der Waals surface area contributed by atoms with Gasteiger partial charge in [-0.15, -0.1) is 0 Å². The van der Waals surface area contributed by atoms with Crippen LogP contribution in [0.25, 0.3) is 11.1 Å². The summed E-state index contributed by atoms with van der Waals surface area (Å²) in [6.07, 6.45) is 2.32. The summed E-state index contributed by atoms with van der Waals surface area (Å²) in [5.41, 5.74) is 13.2. The summed E-state index contributed by atoms with van der Waals surface area (Å²) in [7, 11) is 0. The molecule has 1 aromatic carbocycles. The molecule has 0 radical (unpaired) electrons. The van der Waals surface area contributed by atoms with Gasteiger partial charge in [0.05, 0.1) is 5.69 Å². The quantitative estimate of drug-likeness (QED) is 0.826. The van der Waals surface area contributed by atoms with Crippen LogP contribution in [0.4, 0.5) is 11.7 Å². The fourth-order valence-corrected chi connectivity index (χ4v) is 2.71. The first-order chi connectivity index (χ1) is 9.63. The number of nitrogen functional groups attached to an aromatic ring is 1. The van der Waals surface area contributed by atoms with Crippen LogP contribution in [0, 0.1) is 5.92 Å². The standard InChI is InChI=1S/C14H18N4O2/c15-10-2-1-3-11-13(10)17-14(20-11)18-6-4-9(5-7-18)8-12(16)19/h1-3,9H,4-8,15H2,(H2,16,19). The van der Waals surface area contributed by atoms with Crippen molar-refractivity contribution >= 4 is 28.7 Å². The second-order valence-corrected chi connectivity index (χ2v) is 5.29. The van der Waals surface area contributed by atoms with Gasteiger partial charge < -0.3 is 20.8 Å². The number of nitrogens with zero attached hydrogens (tertiary/aromatic N) is 2. The monoisotopic (exact) mass is 274 g/mol. The first-order valence-corrected chi connectivity index (χ1v) is 6.82. The minimum absolute atomic E-state index is 0.224. The molecule has 0 unspecified atom stereocenters. The third kappa shape index (κ3) is 2.41. The second kappa shape index (κ2) is 5.03. The van der Waals surface area contributed by atoms with Crippen LogP contribution in [-0.4, -0.2) is 24.0 Å². The number of fused-ring (bicyclic) bond motifs is 1. The Morgan fingerprint density at radius 3 is 2.80 bits per heavy atom. The molecular formula is C14H18N4O2. The molecule has 106 valence electrons. The minimum Gasteiger partial charge on any atom is -0.423 e. The number of para-hydroxylation sites is 1. The van der Waals surface area contributed by atoms with Crippen molar-refractivity contribution in [2.75, 3.05) is 23.7 Å². The maximum atomic E-state index is 10.9. The van der Waals surface area contributed by atoms with Crippen LogP contribution in [0.3, 0.4) is 0 Å². The average molecular weight is 274 g/mol. The van der Waals surface area contributed by atoms with E-state index in [4.69, 9.17) is 15.9 Å². The summed E-state index contributed by atoms with van der Waals surface area (Å²) in [6.45, 7) is 1.65. The van der Waals surface area contributed by atoms with E-state index in [1.165, 1.54) is 0 Å². The van der Waals surface area contributed by atoms with Crippen molar-refractivity contribution in [1.29, 1.82) is 0 Å². The lowest BCUT2D eigenvalue weighted by Crippen LogP contribution is -2.35. The number of primary amides is 1. The number of hydrogen-bond acceptors (Lipinski definition) is 5. The van der Waals surface area contributed by atoms with Gasteiger partial charge in [-0.25, -0.2) is 0 Å². The van der Waals surface area contributed by atoms with Crippen molar-refractivity contribution in [3.8, 4) is 0 Å². The molecule has 20 heavy (non-hydrogen) atoms. The zero-order valence-corrected chi connectivity index (χ0v) is 11.2. The number of hydrogen-bond donors (Lipinski definition) is 2. The predicted octanol–water partition coefficient (Wildman–Crippen LogP) is 1.50. The molecule has 0 bridgehead atoms. The highest BCUT2D eigenvalue weighted by molar-refractivity contribution is 5.86. The number of carbonyl (C=O) groups excluding carboxylic acids is 1. The molecule has 6 nitrogen and oxygen atoms in total. The number of anilines is 2. The lowest BCUT2D eigenvalue weighted by molar-refractivity contribution is -0.119. The van der Waals surface area contributed by atoms with Crippen LogP contribution in [0.15, 0.2) is 22.6 Å². The molecule has 1 aliphatic rings. The smallest absolute Gasteiger partial charge is 0.298 e. The van der Waals surface area contributed by atoms with Gasteiger partial charge in [-0.1, -0.05) is 6.07 Å². The second-order valence-electron chi connectivity index (χ2n) is 5.29. The van der Waals surface area contributed by atoms with Gasteiger partial charge in [0.1, 0.15) is 5.52 Å². The van der Waals surface area contributed by atoms with Crippen molar-refractivity contribution in [2.45, 2.75) is 19.3 Å². The lowest BCUT2D eigenvalue weighted by Gasteiger charge is -2.30. The maximum Gasteiger partial charge on any atom is 0.298 e. The van der Waals surface area contributed by atoms with E-state index in [-0.39, 0.29) is 5.91 Å². The number of oxazole rings is 1.